The van der Waals surface area contributed by atoms with Gasteiger partial charge in [-0.25, -0.2) is 0 Å². The van der Waals surface area contributed by atoms with Gasteiger partial charge < -0.3 is 20.5 Å². The predicted molar refractivity (Wildman–Crippen MR) is 104 cm³/mol. The van der Waals surface area contributed by atoms with Crippen molar-refractivity contribution in [1.29, 1.82) is 0 Å². The van der Waals surface area contributed by atoms with Crippen molar-refractivity contribution < 1.29 is 14.3 Å². The molecule has 1 aromatic rings. The summed E-state index contributed by atoms with van der Waals surface area (Å²) in [5.41, 5.74) is 6.60. The zero-order chi connectivity index (χ0) is 19.0. The maximum atomic E-state index is 12.9. The van der Waals surface area contributed by atoms with E-state index in [0.29, 0.717) is 32.9 Å². The highest BCUT2D eigenvalue weighted by atomic mass is 16.5. The Balaban J connectivity index is 2.17. The summed E-state index contributed by atoms with van der Waals surface area (Å²) in [6, 6.07) is 8.27. The molecule has 5 nitrogen and oxygen atoms in total. The van der Waals surface area contributed by atoms with Crippen molar-refractivity contribution in [2.24, 2.45) is 11.1 Å². The number of carbonyl (C=O) groups excluding carboxylic acids is 1. The van der Waals surface area contributed by atoms with E-state index in [4.69, 9.17) is 15.2 Å². The second-order valence-electron chi connectivity index (χ2n) is 7.22. The van der Waals surface area contributed by atoms with Crippen molar-refractivity contribution >= 4 is 5.91 Å². The summed E-state index contributed by atoms with van der Waals surface area (Å²) in [6.45, 7) is 9.13. The molecule has 1 aromatic carbocycles. The SMILES string of the molecule is CCOc1ccc(C2(CNC(=O)C(CC)(CC)CN)CCOCC2)cc1. The molecule has 0 spiro atoms. The summed E-state index contributed by atoms with van der Waals surface area (Å²) in [7, 11) is 0. The lowest BCUT2D eigenvalue weighted by atomic mass is 9.73. The Morgan fingerprint density at radius 3 is 2.31 bits per heavy atom. The summed E-state index contributed by atoms with van der Waals surface area (Å²) in [5, 5.41) is 3.22. The van der Waals surface area contributed by atoms with Crippen LogP contribution in [-0.2, 0) is 14.9 Å². The average molecular weight is 363 g/mol. The largest absolute Gasteiger partial charge is 0.494 e. The number of benzene rings is 1. The first-order chi connectivity index (χ1) is 12.6. The van der Waals surface area contributed by atoms with Crippen molar-refractivity contribution in [2.45, 2.75) is 51.9 Å². The van der Waals surface area contributed by atoms with E-state index >= 15 is 0 Å². The van der Waals surface area contributed by atoms with Crippen molar-refractivity contribution in [3.8, 4) is 5.75 Å². The fourth-order valence-electron chi connectivity index (χ4n) is 3.79. The molecule has 0 radical (unpaired) electrons. The first kappa shape index (κ1) is 20.7. The normalized spacial score (nSPS) is 16.9. The summed E-state index contributed by atoms with van der Waals surface area (Å²) < 4.78 is 11.1. The summed E-state index contributed by atoms with van der Waals surface area (Å²) in [6.07, 6.45) is 3.31. The second kappa shape index (κ2) is 9.38. The third kappa shape index (κ3) is 4.38. The minimum Gasteiger partial charge on any atom is -0.494 e. The van der Waals surface area contributed by atoms with Crippen molar-refractivity contribution in [1.82, 2.24) is 5.32 Å². The van der Waals surface area contributed by atoms with Crippen LogP contribution in [0.4, 0.5) is 0 Å². The quantitative estimate of drug-likeness (QED) is 0.708. The predicted octanol–water partition coefficient (Wildman–Crippen LogP) is 3.01. The zero-order valence-electron chi connectivity index (χ0n) is 16.5. The van der Waals surface area contributed by atoms with Crippen LogP contribution in [-0.4, -0.2) is 38.8 Å². The Kier molecular flexibility index (Phi) is 7.47. The monoisotopic (exact) mass is 362 g/mol. The molecule has 1 aliphatic heterocycles. The summed E-state index contributed by atoms with van der Waals surface area (Å²) >= 11 is 0. The first-order valence-corrected chi connectivity index (χ1v) is 9.85. The van der Waals surface area contributed by atoms with Crippen LogP contribution in [0.3, 0.4) is 0 Å². The minimum atomic E-state index is -0.467. The number of nitrogens with one attached hydrogen (secondary N) is 1. The highest BCUT2D eigenvalue weighted by molar-refractivity contribution is 5.83. The van der Waals surface area contributed by atoms with Crippen LogP contribution in [0.1, 0.15) is 52.0 Å². The number of hydrogen-bond acceptors (Lipinski definition) is 4. The molecule has 0 bridgehead atoms. The van der Waals surface area contributed by atoms with E-state index in [-0.39, 0.29) is 11.3 Å². The number of amides is 1. The highest BCUT2D eigenvalue weighted by Gasteiger charge is 2.38. The van der Waals surface area contributed by atoms with Gasteiger partial charge in [0.2, 0.25) is 5.91 Å². The lowest BCUT2D eigenvalue weighted by Crippen LogP contribution is -2.51. The average Bonchev–Trinajstić information content (AvgIpc) is 2.70. The van der Waals surface area contributed by atoms with Crippen molar-refractivity contribution in [3.05, 3.63) is 29.8 Å². The molecule has 1 aliphatic rings. The maximum absolute atomic E-state index is 12.9. The van der Waals surface area contributed by atoms with Gasteiger partial charge in [-0.2, -0.15) is 0 Å². The maximum Gasteiger partial charge on any atom is 0.227 e. The van der Waals surface area contributed by atoms with E-state index in [1.807, 2.05) is 32.9 Å². The van der Waals surface area contributed by atoms with Gasteiger partial charge in [-0.05, 0) is 50.3 Å². The highest BCUT2D eigenvalue weighted by Crippen LogP contribution is 2.36. The van der Waals surface area contributed by atoms with E-state index < -0.39 is 5.41 Å². The Labute approximate surface area is 157 Å². The third-order valence-corrected chi connectivity index (χ3v) is 6.04. The van der Waals surface area contributed by atoms with Crippen LogP contribution in [0, 0.1) is 5.41 Å². The molecule has 1 amide bonds. The van der Waals surface area contributed by atoms with E-state index in [2.05, 4.69) is 17.4 Å². The van der Waals surface area contributed by atoms with E-state index in [9.17, 15) is 4.79 Å². The Hall–Kier alpha value is -1.59. The molecule has 0 aliphatic carbocycles. The van der Waals surface area contributed by atoms with Gasteiger partial charge in [0, 0.05) is 31.7 Å². The van der Waals surface area contributed by atoms with Crippen molar-refractivity contribution in [3.63, 3.8) is 0 Å². The van der Waals surface area contributed by atoms with E-state index in [1.165, 1.54) is 5.56 Å². The fraction of sp³-hybridized carbons (Fsp3) is 0.667. The zero-order valence-corrected chi connectivity index (χ0v) is 16.5. The summed E-state index contributed by atoms with van der Waals surface area (Å²) in [4.78, 5) is 12.9. The fourth-order valence-corrected chi connectivity index (χ4v) is 3.79. The van der Waals surface area contributed by atoms with Gasteiger partial charge in [-0.1, -0.05) is 26.0 Å². The topological polar surface area (TPSA) is 73.6 Å². The smallest absolute Gasteiger partial charge is 0.227 e. The van der Waals surface area contributed by atoms with Crippen LogP contribution in [0.5, 0.6) is 5.75 Å². The number of rotatable bonds is 9. The van der Waals surface area contributed by atoms with Gasteiger partial charge in [-0.3, -0.25) is 4.79 Å². The lowest BCUT2D eigenvalue weighted by Gasteiger charge is -2.39. The van der Waals surface area contributed by atoms with Crippen LogP contribution < -0.4 is 15.8 Å². The van der Waals surface area contributed by atoms with Crippen LogP contribution in [0.15, 0.2) is 24.3 Å². The van der Waals surface area contributed by atoms with Crippen LogP contribution in [0.25, 0.3) is 0 Å². The third-order valence-electron chi connectivity index (χ3n) is 6.04. The minimum absolute atomic E-state index is 0.0711. The lowest BCUT2D eigenvalue weighted by molar-refractivity contribution is -0.131. The molecule has 26 heavy (non-hydrogen) atoms. The summed E-state index contributed by atoms with van der Waals surface area (Å²) in [5.74, 6) is 0.948. The van der Waals surface area contributed by atoms with Gasteiger partial charge in [0.15, 0.2) is 0 Å². The van der Waals surface area contributed by atoms with Gasteiger partial charge in [0.1, 0.15) is 5.75 Å². The van der Waals surface area contributed by atoms with Gasteiger partial charge in [0.05, 0.1) is 12.0 Å². The van der Waals surface area contributed by atoms with Gasteiger partial charge in [-0.15, -0.1) is 0 Å². The second-order valence-corrected chi connectivity index (χ2v) is 7.22. The molecule has 5 heteroatoms. The van der Waals surface area contributed by atoms with Crippen LogP contribution >= 0.6 is 0 Å². The Bertz CT molecular complexity index is 553. The molecular weight excluding hydrogens is 328 g/mol. The standard InChI is InChI=1S/C21H34N2O3/c1-4-20(5-2,15-22)19(24)23-16-21(11-13-25-14-12-21)17-7-9-18(10-8-17)26-6-3/h7-10H,4-6,11-16,22H2,1-3H3,(H,23,24). The molecule has 1 fully saturated rings. The molecule has 0 atom stereocenters. The molecule has 0 saturated carbocycles. The number of carbonyl (C=O) groups is 1. The molecule has 146 valence electrons. The molecule has 0 aromatic heterocycles. The van der Waals surface area contributed by atoms with Crippen molar-refractivity contribution in [2.75, 3.05) is 32.9 Å². The molecule has 1 saturated heterocycles. The Morgan fingerprint density at radius 1 is 1.19 bits per heavy atom. The van der Waals surface area contributed by atoms with Gasteiger partial charge >= 0.3 is 0 Å². The molecule has 0 unspecified atom stereocenters. The van der Waals surface area contributed by atoms with Crippen LogP contribution in [0.2, 0.25) is 0 Å². The van der Waals surface area contributed by atoms with E-state index in [0.717, 1.165) is 31.4 Å². The first-order valence-electron chi connectivity index (χ1n) is 9.85. The molecular formula is C21H34N2O3. The number of hydrogen-bond donors (Lipinski definition) is 2. The molecule has 2 rings (SSSR count). The van der Waals surface area contributed by atoms with E-state index in [1.54, 1.807) is 0 Å². The molecule has 1 heterocycles. The number of ether oxygens (including phenoxy) is 2. The van der Waals surface area contributed by atoms with Gasteiger partial charge in [0.25, 0.3) is 0 Å². The Morgan fingerprint density at radius 2 is 1.81 bits per heavy atom. The molecule has 3 N–H and O–H groups in total. The number of nitrogens with two attached hydrogens (primary N) is 1.